The highest BCUT2D eigenvalue weighted by Gasteiger charge is 2.40. The Labute approximate surface area is 333 Å². The first kappa shape index (κ1) is 44.2. The van der Waals surface area contributed by atoms with Crippen LogP contribution in [0.3, 0.4) is 0 Å². The summed E-state index contributed by atoms with van der Waals surface area (Å²) in [6, 6.07) is 2.00. The van der Waals surface area contributed by atoms with Crippen molar-refractivity contribution < 1.29 is 48.6 Å². The summed E-state index contributed by atoms with van der Waals surface area (Å²) in [6.07, 6.45) is 5.67. The van der Waals surface area contributed by atoms with E-state index in [1.807, 2.05) is 6.26 Å². The maximum atomic E-state index is 14.3. The minimum atomic E-state index is -1.36. The number of amides is 6. The molecule has 19 nitrogen and oxygen atoms in total. The summed E-state index contributed by atoms with van der Waals surface area (Å²) in [7, 11) is 0. The molecular weight excluding hydrogens is 763 g/mol. The number of nitrogens with two attached hydrogens (primary N) is 1. The Balaban J connectivity index is 1.53. The van der Waals surface area contributed by atoms with Crippen LogP contribution in [0.1, 0.15) is 56.2 Å². The second kappa shape index (κ2) is 21.7. The van der Waals surface area contributed by atoms with Gasteiger partial charge in [-0.05, 0) is 56.1 Å². The standard InChI is InChI=1S/C37H51N9O10S/c1-57-16-13-24(38)32(50)42-25(11-12-31(48)49)33(51)43-26(18-23-19-39-21-41-23)34(52)44-27(17-22-7-3-2-4-8-22)36(54)46-15-5-9-28(46)35(53)40-20-30(47)45-14-6-10-29(45)37(55)56/h2-4,7-8,19,21,24-29H,5-6,9-18,20,38H2,1H3,(H,39,41)(H,40,53)(H,42,50)(H,43,51)(H,44,52)(H,48,49)(H,55,56)/t24-,25-,26-,27-,28+,29+/m0/s1. The van der Waals surface area contributed by atoms with Crippen molar-refractivity contribution in [2.45, 2.75) is 94.0 Å². The van der Waals surface area contributed by atoms with E-state index in [0.29, 0.717) is 42.7 Å². The Morgan fingerprint density at radius 2 is 1.51 bits per heavy atom. The average Bonchev–Trinajstić information content (AvgIpc) is 4.00. The summed E-state index contributed by atoms with van der Waals surface area (Å²) in [5.41, 5.74) is 7.13. The number of H-pyrrole nitrogens is 1. The molecule has 1 aromatic heterocycles. The number of aromatic nitrogens is 2. The quantitative estimate of drug-likeness (QED) is 0.0735. The van der Waals surface area contributed by atoms with Crippen molar-refractivity contribution in [2.24, 2.45) is 5.73 Å². The molecule has 9 N–H and O–H groups in total. The van der Waals surface area contributed by atoms with E-state index >= 15 is 0 Å². The Morgan fingerprint density at radius 3 is 2.16 bits per heavy atom. The van der Waals surface area contributed by atoms with Gasteiger partial charge in [-0.1, -0.05) is 30.3 Å². The molecule has 2 fully saturated rings. The fourth-order valence-corrected chi connectivity index (χ4v) is 7.31. The first-order valence-electron chi connectivity index (χ1n) is 18.8. The predicted octanol–water partition coefficient (Wildman–Crippen LogP) is -1.22. The Hall–Kier alpha value is -5.50. The summed E-state index contributed by atoms with van der Waals surface area (Å²) >= 11 is 1.48. The lowest BCUT2D eigenvalue weighted by molar-refractivity contribution is -0.148. The zero-order valence-electron chi connectivity index (χ0n) is 31.7. The van der Waals surface area contributed by atoms with Crippen LogP contribution in [0.4, 0.5) is 0 Å². The highest BCUT2D eigenvalue weighted by Crippen LogP contribution is 2.21. The highest BCUT2D eigenvalue weighted by atomic mass is 32.2. The fraction of sp³-hybridized carbons (Fsp3) is 0.541. The number of hydrogen-bond acceptors (Lipinski definition) is 11. The van der Waals surface area contributed by atoms with E-state index in [9.17, 15) is 48.6 Å². The molecule has 57 heavy (non-hydrogen) atoms. The van der Waals surface area contributed by atoms with E-state index < -0.39 is 96.6 Å². The second-order valence-corrected chi connectivity index (χ2v) is 15.0. The van der Waals surface area contributed by atoms with Gasteiger partial charge in [0.05, 0.1) is 18.9 Å². The number of likely N-dealkylation sites (tertiary alicyclic amines) is 2. The molecule has 0 aliphatic carbocycles. The molecule has 2 aliphatic heterocycles. The van der Waals surface area contributed by atoms with Crippen LogP contribution in [0.25, 0.3) is 0 Å². The summed E-state index contributed by atoms with van der Waals surface area (Å²) in [5.74, 6) is -5.77. The van der Waals surface area contributed by atoms with Crippen molar-refractivity contribution in [1.82, 2.24) is 41.0 Å². The average molecular weight is 814 g/mol. The van der Waals surface area contributed by atoms with Crippen molar-refractivity contribution in [2.75, 3.05) is 31.6 Å². The van der Waals surface area contributed by atoms with Crippen molar-refractivity contribution in [3.8, 4) is 0 Å². The number of carbonyl (C=O) groups excluding carboxylic acids is 6. The number of nitrogens with one attached hydrogen (secondary N) is 5. The number of nitrogens with zero attached hydrogens (tertiary/aromatic N) is 3. The SMILES string of the molecule is CSCC[C@H](N)C(=O)N[C@@H](CCC(=O)O)C(=O)N[C@@H](Cc1cnc[nH]1)C(=O)N[C@@H](Cc1ccccc1)C(=O)N1CCC[C@@H]1C(=O)NCC(=O)N1CCC[C@@H]1C(=O)O. The summed E-state index contributed by atoms with van der Waals surface area (Å²) in [5, 5.41) is 29.3. The molecule has 2 aliphatic rings. The van der Waals surface area contributed by atoms with Crippen LogP contribution >= 0.6 is 11.8 Å². The number of benzene rings is 1. The van der Waals surface area contributed by atoms with E-state index in [-0.39, 0.29) is 38.8 Å². The first-order valence-corrected chi connectivity index (χ1v) is 20.2. The molecule has 20 heteroatoms. The normalized spacial score (nSPS) is 18.5. The van der Waals surface area contributed by atoms with Gasteiger partial charge >= 0.3 is 11.9 Å². The molecule has 3 heterocycles. The molecule has 0 saturated carbocycles. The van der Waals surface area contributed by atoms with Crippen LogP contribution in [-0.4, -0.2) is 145 Å². The second-order valence-electron chi connectivity index (χ2n) is 14.0. The molecule has 2 aromatic rings. The smallest absolute Gasteiger partial charge is 0.326 e. The van der Waals surface area contributed by atoms with E-state index in [1.165, 1.54) is 34.1 Å². The minimum Gasteiger partial charge on any atom is -0.481 e. The van der Waals surface area contributed by atoms with Crippen molar-refractivity contribution in [3.05, 3.63) is 54.1 Å². The lowest BCUT2D eigenvalue weighted by atomic mass is 10.0. The molecule has 6 atom stereocenters. The third-order valence-corrected chi connectivity index (χ3v) is 10.5. The van der Waals surface area contributed by atoms with Crippen LogP contribution in [0.5, 0.6) is 0 Å². The number of hydrogen-bond donors (Lipinski definition) is 8. The maximum absolute atomic E-state index is 14.3. The zero-order valence-corrected chi connectivity index (χ0v) is 32.5. The van der Waals surface area contributed by atoms with E-state index in [4.69, 9.17) is 5.73 Å². The highest BCUT2D eigenvalue weighted by molar-refractivity contribution is 7.98. The number of thioether (sulfide) groups is 1. The fourth-order valence-electron chi connectivity index (χ4n) is 6.82. The van der Waals surface area contributed by atoms with Crippen LogP contribution in [0, 0.1) is 0 Å². The van der Waals surface area contributed by atoms with Crippen LogP contribution < -0.4 is 27.0 Å². The van der Waals surface area contributed by atoms with Crippen LogP contribution in [0.15, 0.2) is 42.9 Å². The van der Waals surface area contributed by atoms with Crippen LogP contribution in [0.2, 0.25) is 0 Å². The first-order chi connectivity index (χ1) is 27.3. The molecule has 2 saturated heterocycles. The third kappa shape index (κ3) is 13.0. The van der Waals surface area contributed by atoms with E-state index in [2.05, 4.69) is 31.2 Å². The molecule has 0 radical (unpaired) electrons. The Bertz CT molecular complexity index is 1730. The maximum Gasteiger partial charge on any atom is 0.326 e. The lowest BCUT2D eigenvalue weighted by Gasteiger charge is -2.30. The van der Waals surface area contributed by atoms with Gasteiger partial charge in [0.2, 0.25) is 35.4 Å². The van der Waals surface area contributed by atoms with Gasteiger partial charge in [0.15, 0.2) is 0 Å². The van der Waals surface area contributed by atoms with Gasteiger partial charge in [-0.3, -0.25) is 33.6 Å². The predicted molar refractivity (Wildman–Crippen MR) is 206 cm³/mol. The molecule has 6 amide bonds. The van der Waals surface area contributed by atoms with Crippen molar-refractivity contribution in [1.29, 1.82) is 0 Å². The topological polar surface area (TPSA) is 286 Å². The zero-order chi connectivity index (χ0) is 41.5. The third-order valence-electron chi connectivity index (χ3n) is 9.87. The van der Waals surface area contributed by atoms with Crippen molar-refractivity contribution in [3.63, 3.8) is 0 Å². The number of aliphatic carboxylic acids is 2. The number of carboxylic acid groups (broad SMARTS) is 2. The molecule has 0 unspecified atom stereocenters. The monoisotopic (exact) mass is 813 g/mol. The summed E-state index contributed by atoms with van der Waals surface area (Å²) in [6.45, 7) is -0.0118. The molecule has 0 spiro atoms. The molecule has 0 bridgehead atoms. The number of aromatic amines is 1. The Morgan fingerprint density at radius 1 is 0.860 bits per heavy atom. The number of imidazole rings is 1. The molecular formula is C37H51N9O10S. The van der Waals surface area contributed by atoms with Gasteiger partial charge in [-0.25, -0.2) is 9.78 Å². The Kier molecular flexibility index (Phi) is 16.8. The van der Waals surface area contributed by atoms with E-state index in [1.54, 1.807) is 30.3 Å². The van der Waals surface area contributed by atoms with E-state index in [0.717, 1.165) is 0 Å². The van der Waals surface area contributed by atoms with Gasteiger partial charge in [0.1, 0.15) is 30.2 Å². The van der Waals surface area contributed by atoms with Gasteiger partial charge in [0.25, 0.3) is 0 Å². The minimum absolute atomic E-state index is 0.0101. The van der Waals surface area contributed by atoms with Gasteiger partial charge in [-0.15, -0.1) is 0 Å². The largest absolute Gasteiger partial charge is 0.481 e. The lowest BCUT2D eigenvalue weighted by Crippen LogP contribution is -2.59. The summed E-state index contributed by atoms with van der Waals surface area (Å²) in [4.78, 5) is 114. The molecule has 310 valence electrons. The summed E-state index contributed by atoms with van der Waals surface area (Å²) < 4.78 is 0. The molecule has 1 aromatic carbocycles. The number of carbonyl (C=O) groups is 8. The number of carboxylic acids is 2. The number of rotatable bonds is 21. The van der Waals surface area contributed by atoms with Gasteiger partial charge in [0, 0.05) is 44.2 Å². The van der Waals surface area contributed by atoms with Crippen molar-refractivity contribution >= 4 is 59.1 Å². The molecule has 4 rings (SSSR count). The van der Waals surface area contributed by atoms with Gasteiger partial charge in [-0.2, -0.15) is 11.8 Å². The van der Waals surface area contributed by atoms with Gasteiger partial charge < -0.3 is 52.0 Å². The van der Waals surface area contributed by atoms with Crippen LogP contribution in [-0.2, 0) is 51.2 Å².